The predicted molar refractivity (Wildman–Crippen MR) is 113 cm³/mol. The number of anilines is 2. The number of fused-ring (bicyclic) bond motifs is 1. The number of para-hydroxylation sites is 1. The summed E-state index contributed by atoms with van der Waals surface area (Å²) >= 11 is 1.48. The van der Waals surface area contributed by atoms with Gasteiger partial charge in [-0.25, -0.2) is 14.7 Å². The number of carbonyl (C=O) groups excluding carboxylic acids is 2. The predicted octanol–water partition coefficient (Wildman–Crippen LogP) is 4.82. The number of benzene rings is 1. The van der Waals surface area contributed by atoms with Crippen LogP contribution < -0.4 is 5.32 Å². The maximum absolute atomic E-state index is 13.3. The molecular formula is C21H22N4O3S. The minimum absolute atomic E-state index is 0.267. The van der Waals surface area contributed by atoms with Crippen molar-refractivity contribution in [3.8, 4) is 10.7 Å². The lowest BCUT2D eigenvalue weighted by molar-refractivity contribution is 0.0233. The first kappa shape index (κ1) is 19.2. The molecule has 0 spiro atoms. The number of imide groups is 1. The number of nitrogens with one attached hydrogen (secondary N) is 2. The summed E-state index contributed by atoms with van der Waals surface area (Å²) in [5, 5.41) is 6.00. The summed E-state index contributed by atoms with van der Waals surface area (Å²) in [4.78, 5) is 34.8. The minimum Gasteiger partial charge on any atom is -0.443 e. The summed E-state index contributed by atoms with van der Waals surface area (Å²) in [5.41, 5.74) is 2.78. The molecule has 0 saturated carbocycles. The van der Waals surface area contributed by atoms with Crippen molar-refractivity contribution in [2.45, 2.75) is 32.8 Å². The molecule has 1 aliphatic rings. The molecule has 150 valence electrons. The third kappa shape index (κ3) is 3.88. The smallest absolute Gasteiger partial charge is 0.417 e. The van der Waals surface area contributed by atoms with Crippen LogP contribution in [0.15, 0.2) is 41.9 Å². The molecule has 0 bridgehead atoms. The fourth-order valence-corrected chi connectivity index (χ4v) is 3.87. The molecule has 0 radical (unpaired) electrons. The Bertz CT molecular complexity index is 1040. The summed E-state index contributed by atoms with van der Waals surface area (Å²) in [6.07, 6.45) is 1.62. The van der Waals surface area contributed by atoms with E-state index in [4.69, 9.17) is 4.74 Å². The number of hydrogen-bond donors (Lipinski definition) is 2. The Morgan fingerprint density at radius 1 is 1.28 bits per heavy atom. The number of aromatic amines is 1. The average molecular weight is 410 g/mol. The monoisotopic (exact) mass is 410 g/mol. The van der Waals surface area contributed by atoms with E-state index in [0.717, 1.165) is 22.1 Å². The zero-order valence-corrected chi connectivity index (χ0v) is 17.3. The molecule has 0 unspecified atom stereocenters. The van der Waals surface area contributed by atoms with E-state index >= 15 is 0 Å². The van der Waals surface area contributed by atoms with Gasteiger partial charge >= 0.3 is 6.09 Å². The molecule has 4 rings (SSSR count). The highest BCUT2D eigenvalue weighted by molar-refractivity contribution is 7.13. The quantitative estimate of drug-likeness (QED) is 0.647. The van der Waals surface area contributed by atoms with E-state index in [0.29, 0.717) is 17.7 Å². The van der Waals surface area contributed by atoms with Crippen LogP contribution in [0, 0.1) is 0 Å². The second-order valence-corrected chi connectivity index (χ2v) is 8.64. The van der Waals surface area contributed by atoms with E-state index in [1.54, 1.807) is 27.0 Å². The van der Waals surface area contributed by atoms with Crippen molar-refractivity contribution < 1.29 is 14.3 Å². The standard InChI is InChI=1S/C21H22N4O3S/c1-21(2,3)28-20(27)25-11-9-14-15(19(25)26)16(23-13-7-5-4-6-8-13)17(24-14)18-22-10-12-29-18/h4-8,10,12,23-24H,9,11H2,1-3H3. The highest BCUT2D eigenvalue weighted by Gasteiger charge is 2.37. The molecule has 7 nitrogen and oxygen atoms in total. The summed E-state index contributed by atoms with van der Waals surface area (Å²) in [7, 11) is 0. The molecule has 0 aliphatic carbocycles. The maximum Gasteiger partial charge on any atom is 0.417 e. The molecule has 0 fully saturated rings. The number of thiazole rings is 1. The summed E-state index contributed by atoms with van der Waals surface area (Å²) < 4.78 is 5.43. The average Bonchev–Trinajstić information content (AvgIpc) is 3.29. The van der Waals surface area contributed by atoms with E-state index in [9.17, 15) is 9.59 Å². The Balaban J connectivity index is 1.76. The molecule has 8 heteroatoms. The lowest BCUT2D eigenvalue weighted by Gasteiger charge is -2.28. The van der Waals surface area contributed by atoms with Crippen LogP contribution in [0.2, 0.25) is 0 Å². The van der Waals surface area contributed by atoms with Gasteiger partial charge < -0.3 is 15.0 Å². The third-order valence-corrected chi connectivity index (χ3v) is 5.22. The van der Waals surface area contributed by atoms with Gasteiger partial charge in [0.25, 0.3) is 5.91 Å². The Hall–Kier alpha value is -3.13. The first-order valence-electron chi connectivity index (χ1n) is 9.35. The van der Waals surface area contributed by atoms with Gasteiger partial charge in [0.15, 0.2) is 0 Å². The van der Waals surface area contributed by atoms with Crippen molar-refractivity contribution in [2.75, 3.05) is 11.9 Å². The van der Waals surface area contributed by atoms with Crippen LogP contribution in [0.3, 0.4) is 0 Å². The van der Waals surface area contributed by atoms with Crippen molar-refractivity contribution in [2.24, 2.45) is 0 Å². The van der Waals surface area contributed by atoms with Crippen molar-refractivity contribution in [1.29, 1.82) is 0 Å². The fourth-order valence-electron chi connectivity index (χ4n) is 3.22. The number of amides is 2. The van der Waals surface area contributed by atoms with Gasteiger partial charge in [0.1, 0.15) is 10.6 Å². The summed E-state index contributed by atoms with van der Waals surface area (Å²) in [6.45, 7) is 5.61. The molecule has 3 heterocycles. The number of nitrogens with zero attached hydrogens (tertiary/aromatic N) is 2. The number of carbonyl (C=O) groups is 2. The van der Waals surface area contributed by atoms with Crippen LogP contribution in [0.25, 0.3) is 10.7 Å². The SMILES string of the molecule is CC(C)(C)OC(=O)N1CCc2[nH]c(-c3nccs3)c(Nc3ccccc3)c2C1=O. The van der Waals surface area contributed by atoms with Crippen LogP contribution in [-0.2, 0) is 11.2 Å². The van der Waals surface area contributed by atoms with E-state index in [1.165, 1.54) is 16.2 Å². The molecule has 0 atom stereocenters. The van der Waals surface area contributed by atoms with Gasteiger partial charge in [0.2, 0.25) is 0 Å². The van der Waals surface area contributed by atoms with Crippen molar-refractivity contribution in [1.82, 2.24) is 14.9 Å². The highest BCUT2D eigenvalue weighted by Crippen LogP contribution is 2.38. The molecule has 0 saturated heterocycles. The van der Waals surface area contributed by atoms with E-state index in [-0.39, 0.29) is 12.5 Å². The lowest BCUT2D eigenvalue weighted by atomic mass is 10.1. The molecule has 1 aliphatic heterocycles. The number of aromatic nitrogens is 2. The van der Waals surface area contributed by atoms with Gasteiger partial charge in [0, 0.05) is 35.9 Å². The number of H-pyrrole nitrogens is 1. The Morgan fingerprint density at radius 2 is 2.03 bits per heavy atom. The van der Waals surface area contributed by atoms with Crippen LogP contribution in [0.5, 0.6) is 0 Å². The van der Waals surface area contributed by atoms with Crippen molar-refractivity contribution in [3.63, 3.8) is 0 Å². The van der Waals surface area contributed by atoms with Crippen molar-refractivity contribution in [3.05, 3.63) is 53.2 Å². The topological polar surface area (TPSA) is 87.3 Å². The van der Waals surface area contributed by atoms with Gasteiger partial charge in [-0.1, -0.05) is 18.2 Å². The molecule has 1 aromatic carbocycles. The number of ether oxygens (including phenoxy) is 1. The van der Waals surface area contributed by atoms with E-state index < -0.39 is 11.7 Å². The van der Waals surface area contributed by atoms with Crippen molar-refractivity contribution >= 4 is 34.7 Å². The van der Waals surface area contributed by atoms with Gasteiger partial charge in [-0.2, -0.15) is 0 Å². The zero-order chi connectivity index (χ0) is 20.6. The highest BCUT2D eigenvalue weighted by atomic mass is 32.1. The largest absolute Gasteiger partial charge is 0.443 e. The Kier molecular flexibility index (Phi) is 4.87. The second kappa shape index (κ2) is 7.36. The molecule has 2 amide bonds. The first-order chi connectivity index (χ1) is 13.8. The lowest BCUT2D eigenvalue weighted by Crippen LogP contribution is -2.44. The van der Waals surface area contributed by atoms with Gasteiger partial charge in [-0.05, 0) is 32.9 Å². The van der Waals surface area contributed by atoms with Crippen LogP contribution in [-0.4, -0.2) is 39.0 Å². The summed E-state index contributed by atoms with van der Waals surface area (Å²) in [5.74, 6) is -0.377. The third-order valence-electron chi connectivity index (χ3n) is 4.43. The molecule has 2 aromatic heterocycles. The maximum atomic E-state index is 13.3. The molecule has 3 aromatic rings. The minimum atomic E-state index is -0.674. The zero-order valence-electron chi connectivity index (χ0n) is 16.5. The Labute approximate surface area is 172 Å². The molecule has 2 N–H and O–H groups in total. The number of rotatable bonds is 3. The van der Waals surface area contributed by atoms with Crippen LogP contribution in [0.1, 0.15) is 36.8 Å². The summed E-state index contributed by atoms with van der Waals surface area (Å²) in [6, 6.07) is 9.60. The van der Waals surface area contributed by atoms with E-state index in [2.05, 4.69) is 15.3 Å². The van der Waals surface area contributed by atoms with Gasteiger partial charge in [0.05, 0.1) is 16.9 Å². The van der Waals surface area contributed by atoms with Gasteiger partial charge in [-0.3, -0.25) is 4.79 Å². The second-order valence-electron chi connectivity index (χ2n) is 7.74. The van der Waals surface area contributed by atoms with Crippen LogP contribution in [0.4, 0.5) is 16.2 Å². The Morgan fingerprint density at radius 3 is 2.69 bits per heavy atom. The fraction of sp³-hybridized carbons (Fsp3) is 0.286. The van der Waals surface area contributed by atoms with E-state index in [1.807, 2.05) is 35.7 Å². The molecule has 29 heavy (non-hydrogen) atoms. The molecular weight excluding hydrogens is 388 g/mol. The van der Waals surface area contributed by atoms with Gasteiger partial charge in [-0.15, -0.1) is 11.3 Å². The number of hydrogen-bond acceptors (Lipinski definition) is 6. The van der Waals surface area contributed by atoms with Crippen LogP contribution >= 0.6 is 11.3 Å². The first-order valence-corrected chi connectivity index (χ1v) is 10.2. The normalized spacial score (nSPS) is 13.9.